The second kappa shape index (κ2) is 10.8. The maximum Gasteiger partial charge on any atom is 0.255 e. The van der Waals surface area contributed by atoms with Crippen molar-refractivity contribution >= 4 is 33.2 Å². The summed E-state index contributed by atoms with van der Waals surface area (Å²) in [6, 6.07) is 22.8. The molecule has 2 amide bonds. The summed E-state index contributed by atoms with van der Waals surface area (Å²) in [6.45, 7) is 4.14. The van der Waals surface area contributed by atoms with Gasteiger partial charge in [0.25, 0.3) is 5.91 Å². The molecule has 9 heteroatoms. The molecular weight excluding hydrogens is 464 g/mol. The van der Waals surface area contributed by atoms with Crippen LogP contribution in [0, 0.1) is 0 Å². The van der Waals surface area contributed by atoms with E-state index >= 15 is 0 Å². The molecule has 0 bridgehead atoms. The number of nitrogens with one attached hydrogen (secondary N) is 2. The van der Waals surface area contributed by atoms with Gasteiger partial charge in [0, 0.05) is 56.6 Å². The van der Waals surface area contributed by atoms with E-state index in [0.717, 1.165) is 5.56 Å². The zero-order valence-electron chi connectivity index (χ0n) is 19.5. The van der Waals surface area contributed by atoms with Crippen molar-refractivity contribution in [1.82, 2.24) is 9.21 Å². The smallest absolute Gasteiger partial charge is 0.255 e. The summed E-state index contributed by atoms with van der Waals surface area (Å²) in [5.41, 5.74) is 2.82. The van der Waals surface area contributed by atoms with Gasteiger partial charge in [-0.3, -0.25) is 14.5 Å². The van der Waals surface area contributed by atoms with Crippen LogP contribution in [-0.4, -0.2) is 55.6 Å². The molecule has 0 unspecified atom stereocenters. The van der Waals surface area contributed by atoms with E-state index in [2.05, 4.69) is 15.5 Å². The summed E-state index contributed by atoms with van der Waals surface area (Å²) >= 11 is 0. The zero-order chi connectivity index (χ0) is 24.8. The molecule has 0 spiro atoms. The summed E-state index contributed by atoms with van der Waals surface area (Å²) in [5.74, 6) is -0.379. The molecule has 1 saturated heterocycles. The van der Waals surface area contributed by atoms with Crippen LogP contribution in [0.15, 0.2) is 83.8 Å². The number of carbonyl (C=O) groups excluding carboxylic acids is 2. The third kappa shape index (κ3) is 6.33. The number of nitrogens with zero attached hydrogens (tertiary/aromatic N) is 2. The predicted molar refractivity (Wildman–Crippen MR) is 136 cm³/mol. The molecule has 0 aromatic heterocycles. The normalized spacial score (nSPS) is 14.9. The van der Waals surface area contributed by atoms with Crippen molar-refractivity contribution in [1.29, 1.82) is 0 Å². The van der Waals surface area contributed by atoms with Crippen LogP contribution >= 0.6 is 0 Å². The van der Waals surface area contributed by atoms with Crippen LogP contribution in [0.2, 0.25) is 0 Å². The zero-order valence-corrected chi connectivity index (χ0v) is 20.3. The van der Waals surface area contributed by atoms with E-state index in [0.29, 0.717) is 54.6 Å². The lowest BCUT2D eigenvalue weighted by Gasteiger charge is -2.34. The second-order valence-corrected chi connectivity index (χ2v) is 10.3. The summed E-state index contributed by atoms with van der Waals surface area (Å²) in [6.07, 6.45) is 0. The number of piperazine rings is 1. The van der Waals surface area contributed by atoms with E-state index in [1.165, 1.54) is 11.2 Å². The number of rotatable bonds is 7. The topological polar surface area (TPSA) is 98.8 Å². The fraction of sp³-hybridized carbons (Fsp3) is 0.231. The maximum atomic E-state index is 12.8. The van der Waals surface area contributed by atoms with Crippen LogP contribution in [0.4, 0.5) is 11.4 Å². The Bertz CT molecular complexity index is 1290. The van der Waals surface area contributed by atoms with Crippen LogP contribution < -0.4 is 10.6 Å². The number of anilines is 2. The molecule has 4 rings (SSSR count). The Morgan fingerprint density at radius 2 is 1.43 bits per heavy atom. The maximum absolute atomic E-state index is 12.8. The average molecular weight is 493 g/mol. The third-order valence-corrected chi connectivity index (χ3v) is 7.68. The highest BCUT2D eigenvalue weighted by molar-refractivity contribution is 7.89. The lowest BCUT2D eigenvalue weighted by Crippen LogP contribution is -2.48. The summed E-state index contributed by atoms with van der Waals surface area (Å²) < 4.78 is 27.2. The molecule has 1 fully saturated rings. The van der Waals surface area contributed by atoms with Gasteiger partial charge in [-0.05, 0) is 54.1 Å². The summed E-state index contributed by atoms with van der Waals surface area (Å²) in [7, 11) is -3.48. The Morgan fingerprint density at radius 1 is 0.800 bits per heavy atom. The Hall–Kier alpha value is -3.53. The molecule has 0 saturated carbocycles. The van der Waals surface area contributed by atoms with Crippen molar-refractivity contribution in [3.8, 4) is 0 Å². The van der Waals surface area contributed by atoms with Crippen LogP contribution in [0.25, 0.3) is 0 Å². The van der Waals surface area contributed by atoms with Gasteiger partial charge in [0.05, 0.1) is 4.90 Å². The van der Waals surface area contributed by atoms with Crippen LogP contribution in [0.5, 0.6) is 0 Å². The summed E-state index contributed by atoms with van der Waals surface area (Å²) in [4.78, 5) is 26.4. The van der Waals surface area contributed by atoms with Gasteiger partial charge in [0.15, 0.2) is 0 Å². The molecule has 3 aromatic rings. The van der Waals surface area contributed by atoms with Crippen molar-refractivity contribution in [2.24, 2.45) is 0 Å². The largest absolute Gasteiger partial charge is 0.326 e. The van der Waals surface area contributed by atoms with Gasteiger partial charge < -0.3 is 10.6 Å². The highest BCUT2D eigenvalue weighted by Crippen LogP contribution is 2.19. The van der Waals surface area contributed by atoms with Crippen LogP contribution in [-0.2, 0) is 21.4 Å². The van der Waals surface area contributed by atoms with Gasteiger partial charge >= 0.3 is 0 Å². The van der Waals surface area contributed by atoms with Crippen molar-refractivity contribution in [3.05, 3.63) is 90.0 Å². The first-order chi connectivity index (χ1) is 16.8. The minimum absolute atomic E-state index is 0.155. The Balaban J connectivity index is 1.33. The average Bonchev–Trinajstić information content (AvgIpc) is 2.86. The Kier molecular flexibility index (Phi) is 7.60. The van der Waals surface area contributed by atoms with E-state index < -0.39 is 10.0 Å². The third-order valence-electron chi connectivity index (χ3n) is 5.77. The SMILES string of the molecule is CC(=O)Nc1ccc(NC(=O)c2cccc(CN3CCN(S(=O)(=O)c4ccccc4)CC3)c2)cc1. The number of carbonyl (C=O) groups is 2. The van der Waals surface area contributed by atoms with Gasteiger partial charge in [0.1, 0.15) is 0 Å². The molecule has 8 nitrogen and oxygen atoms in total. The highest BCUT2D eigenvalue weighted by Gasteiger charge is 2.28. The monoisotopic (exact) mass is 492 g/mol. The van der Waals surface area contributed by atoms with Gasteiger partial charge in [-0.25, -0.2) is 8.42 Å². The first-order valence-electron chi connectivity index (χ1n) is 11.4. The Morgan fingerprint density at radius 3 is 2.06 bits per heavy atom. The fourth-order valence-electron chi connectivity index (χ4n) is 3.98. The van der Waals surface area contributed by atoms with Gasteiger partial charge in [-0.15, -0.1) is 0 Å². The fourth-order valence-corrected chi connectivity index (χ4v) is 5.43. The van der Waals surface area contributed by atoms with Gasteiger partial charge in [-0.1, -0.05) is 30.3 Å². The molecular formula is C26H28N4O4S. The van der Waals surface area contributed by atoms with Crippen LogP contribution in [0.3, 0.4) is 0 Å². The quantitative estimate of drug-likeness (QED) is 0.527. The van der Waals surface area contributed by atoms with Gasteiger partial charge in [0.2, 0.25) is 15.9 Å². The minimum Gasteiger partial charge on any atom is -0.326 e. The number of hydrogen-bond acceptors (Lipinski definition) is 5. The van der Waals surface area contributed by atoms with E-state index in [1.54, 1.807) is 60.7 Å². The number of benzene rings is 3. The molecule has 35 heavy (non-hydrogen) atoms. The standard InChI is InChI=1S/C26H28N4O4S/c1-20(31)27-23-10-12-24(13-11-23)28-26(32)22-7-5-6-21(18-22)19-29-14-16-30(17-15-29)35(33,34)25-8-3-2-4-9-25/h2-13,18H,14-17,19H2,1H3,(H,27,31)(H,28,32). The van der Waals surface area contributed by atoms with Crippen molar-refractivity contribution in [3.63, 3.8) is 0 Å². The second-order valence-electron chi connectivity index (χ2n) is 8.41. The molecule has 0 aliphatic carbocycles. The molecule has 1 aliphatic rings. The van der Waals surface area contributed by atoms with E-state index in [-0.39, 0.29) is 11.8 Å². The molecule has 0 atom stereocenters. The molecule has 0 radical (unpaired) electrons. The van der Waals surface area contributed by atoms with E-state index in [9.17, 15) is 18.0 Å². The minimum atomic E-state index is -3.48. The van der Waals surface area contributed by atoms with Crippen LogP contribution in [0.1, 0.15) is 22.8 Å². The van der Waals surface area contributed by atoms with E-state index in [4.69, 9.17) is 0 Å². The summed E-state index contributed by atoms with van der Waals surface area (Å²) in [5, 5.41) is 5.56. The molecule has 3 aromatic carbocycles. The Labute approximate surface area is 205 Å². The van der Waals surface area contributed by atoms with Gasteiger partial charge in [-0.2, -0.15) is 4.31 Å². The van der Waals surface area contributed by atoms with E-state index in [1.807, 2.05) is 18.2 Å². The lowest BCUT2D eigenvalue weighted by molar-refractivity contribution is -0.114. The van der Waals surface area contributed by atoms with Crippen molar-refractivity contribution in [2.45, 2.75) is 18.4 Å². The molecule has 182 valence electrons. The molecule has 2 N–H and O–H groups in total. The number of amides is 2. The first-order valence-corrected chi connectivity index (χ1v) is 12.8. The predicted octanol–water partition coefficient (Wildman–Crippen LogP) is 3.40. The van der Waals surface area contributed by atoms with Crippen molar-refractivity contribution in [2.75, 3.05) is 36.8 Å². The van der Waals surface area contributed by atoms with Crippen molar-refractivity contribution < 1.29 is 18.0 Å². The molecule has 1 aliphatic heterocycles. The number of sulfonamides is 1. The number of hydrogen-bond donors (Lipinski definition) is 2. The lowest BCUT2D eigenvalue weighted by atomic mass is 10.1. The molecule has 1 heterocycles. The highest BCUT2D eigenvalue weighted by atomic mass is 32.2. The first kappa shape index (κ1) is 24.6.